The van der Waals surface area contributed by atoms with Gasteiger partial charge in [-0.2, -0.15) is 0 Å². The molecule has 2 aliphatic heterocycles. The summed E-state index contributed by atoms with van der Waals surface area (Å²) in [4.78, 5) is 29.9. The number of ether oxygens (including phenoxy) is 2. The summed E-state index contributed by atoms with van der Waals surface area (Å²) < 4.78 is 64.3. The van der Waals surface area contributed by atoms with Crippen molar-refractivity contribution < 1.29 is 35.9 Å². The highest BCUT2D eigenvalue weighted by molar-refractivity contribution is 7.94. The number of amides is 2. The maximum atomic E-state index is 12.6. The van der Waals surface area contributed by atoms with E-state index in [-0.39, 0.29) is 23.5 Å². The third kappa shape index (κ3) is 13.5. The monoisotopic (exact) mass is 932 g/mol. The number of anilines is 6. The van der Waals surface area contributed by atoms with Gasteiger partial charge < -0.3 is 29.9 Å². The SMILES string of the molecule is CC(C)[C@@H]1CN(c2ccc(NC(=O)c3ccc(NS(=O)(=O)C(C)(C)C)cc3)cc2)CCO1.CCC1(CC)CN(c2ccc(NC(=O)c3ccc(NS(=O)(=O)C(C)(C)C)cc3)cc2)CCO1. The minimum Gasteiger partial charge on any atom is -0.374 e. The molecule has 0 spiro atoms. The predicted octanol–water partition coefficient (Wildman–Crippen LogP) is 9.21. The van der Waals surface area contributed by atoms with Crippen molar-refractivity contribution in [3.8, 4) is 0 Å². The molecule has 6 rings (SSSR count). The van der Waals surface area contributed by atoms with Crippen molar-refractivity contribution in [2.45, 2.75) is 103 Å². The maximum Gasteiger partial charge on any atom is 0.255 e. The molecule has 0 bridgehead atoms. The standard InChI is InChI=1S/C25H35N3O4S.C24H33N3O4S/c1-6-25(7-2)18-28(16-17-32-25)22-14-12-20(13-15-22)26-23(29)19-8-10-21(11-9-19)27-33(30,31)24(3,4)5;1-17(2)22-16-27(14-15-31-22)21-12-10-19(11-13-21)25-23(28)18-6-8-20(9-7-18)26-32(29,30)24(3,4)5/h8-15,27H,6-7,16-18H2,1-5H3,(H,26,29);6-13,17,22,26H,14-16H2,1-5H3,(H,25,28)/t;22-/m.0/s1. The van der Waals surface area contributed by atoms with E-state index in [2.05, 4.69) is 57.6 Å². The van der Waals surface area contributed by atoms with Crippen molar-refractivity contribution in [1.29, 1.82) is 0 Å². The second-order valence-corrected chi connectivity index (χ2v) is 23.7. The Balaban J connectivity index is 0.000000244. The quantitative estimate of drug-likeness (QED) is 0.101. The molecule has 4 N–H and O–H groups in total. The first-order chi connectivity index (χ1) is 30.4. The molecule has 4 aromatic carbocycles. The van der Waals surface area contributed by atoms with E-state index in [1.54, 1.807) is 90.1 Å². The average Bonchev–Trinajstić information content (AvgIpc) is 3.26. The van der Waals surface area contributed by atoms with Gasteiger partial charge in [-0.05, 0) is 157 Å². The Morgan fingerprint density at radius 2 is 1.00 bits per heavy atom. The number of hydrogen-bond donors (Lipinski definition) is 4. The maximum absolute atomic E-state index is 12.6. The Hall–Kier alpha value is -5.16. The summed E-state index contributed by atoms with van der Waals surface area (Å²) in [5.41, 5.74) is 5.25. The molecule has 16 heteroatoms. The number of nitrogens with zero attached hydrogens (tertiary/aromatic N) is 2. The molecular formula is C49H68N6O8S2. The first-order valence-corrected chi connectivity index (χ1v) is 25.2. The van der Waals surface area contributed by atoms with Gasteiger partial charge in [-0.15, -0.1) is 0 Å². The van der Waals surface area contributed by atoms with E-state index in [0.29, 0.717) is 53.0 Å². The van der Waals surface area contributed by atoms with Crippen molar-refractivity contribution in [3.63, 3.8) is 0 Å². The highest BCUT2D eigenvalue weighted by Crippen LogP contribution is 2.30. The highest BCUT2D eigenvalue weighted by atomic mass is 32.2. The summed E-state index contributed by atoms with van der Waals surface area (Å²) in [7, 11) is -7.04. The summed E-state index contributed by atoms with van der Waals surface area (Å²) in [5, 5.41) is 5.78. The zero-order valence-corrected chi connectivity index (χ0v) is 41.2. The van der Waals surface area contributed by atoms with Gasteiger partial charge in [0.05, 0.1) is 34.4 Å². The van der Waals surface area contributed by atoms with Crippen LogP contribution >= 0.6 is 0 Å². The summed E-state index contributed by atoms with van der Waals surface area (Å²) in [6, 6.07) is 28.4. The Morgan fingerprint density at radius 3 is 1.38 bits per heavy atom. The minimum absolute atomic E-state index is 0.0988. The number of morpholine rings is 2. The summed E-state index contributed by atoms with van der Waals surface area (Å²) in [6.07, 6.45) is 2.17. The Morgan fingerprint density at radius 1 is 0.615 bits per heavy atom. The molecule has 0 saturated carbocycles. The van der Waals surface area contributed by atoms with E-state index in [4.69, 9.17) is 9.47 Å². The van der Waals surface area contributed by atoms with E-state index in [1.165, 1.54) is 0 Å². The van der Waals surface area contributed by atoms with Crippen molar-refractivity contribution in [2.75, 3.05) is 69.3 Å². The first kappa shape index (κ1) is 50.8. The number of nitrogens with one attached hydrogen (secondary N) is 4. The topological polar surface area (TPSA) is 175 Å². The van der Waals surface area contributed by atoms with Crippen LogP contribution in [0.3, 0.4) is 0 Å². The van der Waals surface area contributed by atoms with E-state index in [9.17, 15) is 26.4 Å². The van der Waals surface area contributed by atoms with E-state index >= 15 is 0 Å². The van der Waals surface area contributed by atoms with Crippen LogP contribution < -0.4 is 29.9 Å². The molecule has 2 aliphatic rings. The second-order valence-electron chi connectivity index (χ2n) is 18.9. The van der Waals surface area contributed by atoms with Crippen LogP contribution in [0, 0.1) is 5.92 Å². The predicted molar refractivity (Wildman–Crippen MR) is 265 cm³/mol. The lowest BCUT2D eigenvalue weighted by atomic mass is 9.94. The van der Waals surface area contributed by atoms with E-state index in [0.717, 1.165) is 50.4 Å². The normalized spacial score (nSPS) is 16.8. The third-order valence-corrected chi connectivity index (χ3v) is 16.0. The molecule has 0 aromatic heterocycles. The zero-order valence-electron chi connectivity index (χ0n) is 39.5. The largest absolute Gasteiger partial charge is 0.374 e. The van der Waals surface area contributed by atoms with Gasteiger partial charge in [0, 0.05) is 71.4 Å². The molecule has 2 heterocycles. The lowest BCUT2D eigenvalue weighted by molar-refractivity contribution is -0.0605. The van der Waals surface area contributed by atoms with Crippen molar-refractivity contribution in [3.05, 3.63) is 108 Å². The van der Waals surface area contributed by atoms with Crippen LogP contribution in [0.1, 0.15) is 103 Å². The van der Waals surface area contributed by atoms with Gasteiger partial charge in [0.1, 0.15) is 0 Å². The van der Waals surface area contributed by atoms with Crippen LogP contribution in [0.5, 0.6) is 0 Å². The molecule has 2 fully saturated rings. The van der Waals surface area contributed by atoms with Crippen LogP contribution in [-0.4, -0.2) is 89.2 Å². The Labute approximate surface area is 387 Å². The molecule has 2 amide bonds. The molecular weight excluding hydrogens is 865 g/mol. The van der Waals surface area contributed by atoms with Gasteiger partial charge in [0.2, 0.25) is 20.0 Å². The molecule has 14 nitrogen and oxygen atoms in total. The van der Waals surface area contributed by atoms with Gasteiger partial charge in [0.15, 0.2) is 0 Å². The molecule has 65 heavy (non-hydrogen) atoms. The first-order valence-electron chi connectivity index (χ1n) is 22.3. The minimum atomic E-state index is -3.52. The zero-order chi connectivity index (χ0) is 47.8. The van der Waals surface area contributed by atoms with Crippen molar-refractivity contribution in [2.24, 2.45) is 5.92 Å². The Bertz CT molecular complexity index is 2430. The van der Waals surface area contributed by atoms with Crippen molar-refractivity contribution >= 4 is 66.0 Å². The fraction of sp³-hybridized carbons (Fsp3) is 0.469. The molecule has 0 radical (unpaired) electrons. The van der Waals surface area contributed by atoms with Gasteiger partial charge in [-0.1, -0.05) is 27.7 Å². The van der Waals surface area contributed by atoms with Gasteiger partial charge in [-0.25, -0.2) is 16.8 Å². The van der Waals surface area contributed by atoms with Crippen LogP contribution in [-0.2, 0) is 29.5 Å². The Kier molecular flexibility index (Phi) is 16.4. The highest BCUT2D eigenvalue weighted by Gasteiger charge is 2.34. The molecule has 354 valence electrons. The number of hydrogen-bond acceptors (Lipinski definition) is 10. The number of carbonyl (C=O) groups excluding carboxylic acids is 2. The summed E-state index contributed by atoms with van der Waals surface area (Å²) in [6.45, 7) is 23.3. The lowest BCUT2D eigenvalue weighted by Gasteiger charge is -2.43. The van der Waals surface area contributed by atoms with E-state index < -0.39 is 29.5 Å². The van der Waals surface area contributed by atoms with Crippen LogP contribution in [0.15, 0.2) is 97.1 Å². The smallest absolute Gasteiger partial charge is 0.255 e. The fourth-order valence-electron chi connectivity index (χ4n) is 6.97. The molecule has 4 aromatic rings. The van der Waals surface area contributed by atoms with Gasteiger partial charge >= 0.3 is 0 Å². The van der Waals surface area contributed by atoms with Gasteiger partial charge in [-0.3, -0.25) is 19.0 Å². The number of rotatable bonds is 13. The number of benzene rings is 4. The third-order valence-electron chi connectivity index (χ3n) is 11.8. The van der Waals surface area contributed by atoms with E-state index in [1.807, 2.05) is 48.5 Å². The lowest BCUT2D eigenvalue weighted by Crippen LogP contribution is -2.51. The second kappa shape index (κ2) is 21.0. The number of carbonyl (C=O) groups is 2. The molecule has 0 unspecified atom stereocenters. The average molecular weight is 933 g/mol. The van der Waals surface area contributed by atoms with Crippen LogP contribution in [0.2, 0.25) is 0 Å². The summed E-state index contributed by atoms with van der Waals surface area (Å²) >= 11 is 0. The van der Waals surface area contributed by atoms with Crippen molar-refractivity contribution in [1.82, 2.24) is 0 Å². The van der Waals surface area contributed by atoms with Crippen LogP contribution in [0.25, 0.3) is 0 Å². The number of sulfonamides is 2. The van der Waals surface area contributed by atoms with Crippen LogP contribution in [0.4, 0.5) is 34.1 Å². The summed E-state index contributed by atoms with van der Waals surface area (Å²) in [5.74, 6) is -0.0453. The molecule has 0 aliphatic carbocycles. The molecule has 1 atom stereocenters. The fourth-order valence-corrected chi connectivity index (χ4v) is 8.47. The molecule has 2 saturated heterocycles. The van der Waals surface area contributed by atoms with Gasteiger partial charge in [0.25, 0.3) is 11.8 Å².